The number of aliphatic hydroxyl groups is 7. The molecule has 0 aromatic carbocycles. The fourth-order valence-corrected chi connectivity index (χ4v) is 4.15. The molecule has 2 aliphatic heterocycles. The molecule has 182 valence electrons. The number of rotatable bonds is 6. The Morgan fingerprint density at radius 3 is 1.61 bits per heavy atom. The van der Waals surface area contributed by atoms with Crippen molar-refractivity contribution in [2.24, 2.45) is 17.2 Å². The summed E-state index contributed by atoms with van der Waals surface area (Å²) in [6.45, 7) is -1.16. The third-order valence-electron chi connectivity index (χ3n) is 6.07. The normalized spacial score (nSPS) is 53.6. The van der Waals surface area contributed by atoms with Gasteiger partial charge in [-0.2, -0.15) is 0 Å². The van der Waals surface area contributed by atoms with Crippen LogP contribution in [0.2, 0.25) is 0 Å². The van der Waals surface area contributed by atoms with Crippen molar-refractivity contribution in [2.75, 3.05) is 13.2 Å². The fraction of sp³-hybridized carbons (Fsp3) is 1.00. The van der Waals surface area contributed by atoms with Gasteiger partial charge < -0.3 is 71.9 Å². The molecule has 2 heterocycles. The molecular formula is C17H33N3O11. The van der Waals surface area contributed by atoms with Crippen LogP contribution in [0.5, 0.6) is 0 Å². The lowest BCUT2D eigenvalue weighted by Crippen LogP contribution is -2.67. The molecule has 0 aromatic rings. The molecule has 2 saturated heterocycles. The van der Waals surface area contributed by atoms with Crippen molar-refractivity contribution in [2.45, 2.75) is 92.1 Å². The van der Waals surface area contributed by atoms with E-state index in [2.05, 4.69) is 0 Å². The van der Waals surface area contributed by atoms with Crippen molar-refractivity contribution >= 4 is 0 Å². The minimum absolute atomic E-state index is 0.123. The first-order valence-corrected chi connectivity index (χ1v) is 10.1. The Balaban J connectivity index is 1.70. The summed E-state index contributed by atoms with van der Waals surface area (Å²) in [6, 6.07) is -2.78. The summed E-state index contributed by atoms with van der Waals surface area (Å²) in [5.41, 5.74) is 18.0. The van der Waals surface area contributed by atoms with Gasteiger partial charge in [0.05, 0.1) is 19.3 Å². The number of hydrogen-bond acceptors (Lipinski definition) is 14. The van der Waals surface area contributed by atoms with E-state index in [1.54, 1.807) is 0 Å². The van der Waals surface area contributed by atoms with Crippen LogP contribution in [0.3, 0.4) is 0 Å². The van der Waals surface area contributed by atoms with Crippen LogP contribution in [-0.2, 0) is 18.9 Å². The number of ether oxygens (including phenoxy) is 4. The second-order valence-corrected chi connectivity index (χ2v) is 8.25. The standard InChI is InChI=1S/C17H33N3O11/c18-4-1-5(19)15(31-17-12(26)10(24)7(3-22)29-17)13(27)14(4)30-16-8(20)11(25)9(23)6(2-21)28-16/h4-17,21-27H,1-3,18-20H2/t4?,5?,6?,7-,8?,9-,10+,11-,12?,13+,14-,15-,16-,17+/m1/s1. The van der Waals surface area contributed by atoms with E-state index >= 15 is 0 Å². The van der Waals surface area contributed by atoms with Crippen molar-refractivity contribution < 1.29 is 54.7 Å². The topological polar surface area (TPSA) is 257 Å². The van der Waals surface area contributed by atoms with E-state index < -0.39 is 98.9 Å². The van der Waals surface area contributed by atoms with Gasteiger partial charge in [-0.25, -0.2) is 0 Å². The SMILES string of the molecule is NC1[C@@H](O[C@@H]2C(N)CC(N)[C@@H](O[C@@H]3O[C@H](CO)[C@H](O)C3O)[C@H]2O)OC(CO)[C@@H](O)[C@@H]1O. The Bertz CT molecular complexity index is 590. The maximum atomic E-state index is 10.8. The molecule has 31 heavy (non-hydrogen) atoms. The lowest BCUT2D eigenvalue weighted by molar-refractivity contribution is -0.302. The van der Waals surface area contributed by atoms with Gasteiger partial charge in [0.2, 0.25) is 0 Å². The van der Waals surface area contributed by atoms with Crippen molar-refractivity contribution in [1.82, 2.24) is 0 Å². The summed E-state index contributed by atoms with van der Waals surface area (Å²) in [7, 11) is 0. The molecule has 13 N–H and O–H groups in total. The minimum Gasteiger partial charge on any atom is -0.394 e. The molecule has 1 aliphatic carbocycles. The molecule has 1 saturated carbocycles. The Hall–Kier alpha value is -0.560. The molecule has 14 heteroatoms. The van der Waals surface area contributed by atoms with Gasteiger partial charge in [-0.3, -0.25) is 0 Å². The Morgan fingerprint density at radius 2 is 1.10 bits per heavy atom. The molecule has 5 unspecified atom stereocenters. The zero-order valence-electron chi connectivity index (χ0n) is 16.7. The highest BCUT2D eigenvalue weighted by Crippen LogP contribution is 2.31. The van der Waals surface area contributed by atoms with Gasteiger partial charge in [0.15, 0.2) is 12.6 Å². The van der Waals surface area contributed by atoms with Crippen molar-refractivity contribution in [1.29, 1.82) is 0 Å². The van der Waals surface area contributed by atoms with Gasteiger partial charge in [0.25, 0.3) is 0 Å². The second-order valence-electron chi connectivity index (χ2n) is 8.25. The van der Waals surface area contributed by atoms with Gasteiger partial charge in [-0.05, 0) is 6.42 Å². The van der Waals surface area contributed by atoms with Crippen LogP contribution >= 0.6 is 0 Å². The number of hydrogen-bond donors (Lipinski definition) is 10. The summed E-state index contributed by atoms with van der Waals surface area (Å²) < 4.78 is 22.0. The molecule has 0 amide bonds. The smallest absolute Gasteiger partial charge is 0.187 e. The monoisotopic (exact) mass is 455 g/mol. The Morgan fingerprint density at radius 1 is 0.645 bits per heavy atom. The minimum atomic E-state index is -1.48. The summed E-state index contributed by atoms with van der Waals surface area (Å²) in [5, 5.41) is 69.3. The molecule has 3 aliphatic rings. The van der Waals surface area contributed by atoms with Crippen LogP contribution in [0.4, 0.5) is 0 Å². The van der Waals surface area contributed by atoms with Crippen LogP contribution in [0.1, 0.15) is 6.42 Å². The third kappa shape index (κ3) is 4.87. The molecule has 0 bridgehead atoms. The zero-order chi connectivity index (χ0) is 23.0. The molecule has 3 fully saturated rings. The summed E-state index contributed by atoms with van der Waals surface area (Å²) in [5.74, 6) is 0. The zero-order valence-corrected chi connectivity index (χ0v) is 16.7. The van der Waals surface area contributed by atoms with Crippen molar-refractivity contribution in [3.8, 4) is 0 Å². The van der Waals surface area contributed by atoms with Crippen LogP contribution in [0, 0.1) is 0 Å². The summed E-state index contributed by atoms with van der Waals surface area (Å²) in [4.78, 5) is 0. The quantitative estimate of drug-likeness (QED) is 0.179. The molecule has 14 atom stereocenters. The lowest BCUT2D eigenvalue weighted by Gasteiger charge is -2.46. The Labute approximate surface area is 178 Å². The first kappa shape index (κ1) is 25.1. The van der Waals surface area contributed by atoms with E-state index in [0.29, 0.717) is 0 Å². The molecule has 0 spiro atoms. The average Bonchev–Trinajstić information content (AvgIpc) is 3.01. The summed E-state index contributed by atoms with van der Waals surface area (Å²) in [6.07, 6.45) is -14.3. The lowest BCUT2D eigenvalue weighted by atomic mass is 9.84. The maximum absolute atomic E-state index is 10.8. The highest BCUT2D eigenvalue weighted by Gasteiger charge is 2.51. The van der Waals surface area contributed by atoms with Crippen LogP contribution in [0.25, 0.3) is 0 Å². The van der Waals surface area contributed by atoms with E-state index in [4.69, 9.17) is 36.1 Å². The first-order chi connectivity index (χ1) is 14.6. The van der Waals surface area contributed by atoms with E-state index in [9.17, 15) is 35.7 Å². The predicted octanol–water partition coefficient (Wildman–Crippen LogP) is -6.62. The average molecular weight is 455 g/mol. The van der Waals surface area contributed by atoms with Gasteiger partial charge >= 0.3 is 0 Å². The fourth-order valence-electron chi connectivity index (χ4n) is 4.15. The van der Waals surface area contributed by atoms with Crippen LogP contribution < -0.4 is 17.2 Å². The molecular weight excluding hydrogens is 422 g/mol. The Kier molecular flexibility index (Phi) is 8.21. The highest BCUT2D eigenvalue weighted by atomic mass is 16.7. The van der Waals surface area contributed by atoms with Crippen LogP contribution in [0.15, 0.2) is 0 Å². The van der Waals surface area contributed by atoms with E-state index in [-0.39, 0.29) is 6.42 Å². The molecule has 14 nitrogen and oxygen atoms in total. The van der Waals surface area contributed by atoms with E-state index in [0.717, 1.165) is 0 Å². The second kappa shape index (κ2) is 10.1. The van der Waals surface area contributed by atoms with Gasteiger partial charge in [-0.1, -0.05) is 0 Å². The molecule has 0 aromatic heterocycles. The van der Waals surface area contributed by atoms with E-state index in [1.165, 1.54) is 0 Å². The number of aliphatic hydroxyl groups excluding tert-OH is 7. The van der Waals surface area contributed by atoms with E-state index in [1.807, 2.05) is 0 Å². The van der Waals surface area contributed by atoms with Crippen molar-refractivity contribution in [3.05, 3.63) is 0 Å². The summed E-state index contributed by atoms with van der Waals surface area (Å²) >= 11 is 0. The largest absolute Gasteiger partial charge is 0.394 e. The van der Waals surface area contributed by atoms with Crippen LogP contribution in [-0.4, -0.2) is 135 Å². The predicted molar refractivity (Wildman–Crippen MR) is 99.8 cm³/mol. The molecule has 0 radical (unpaired) electrons. The highest BCUT2D eigenvalue weighted by molar-refractivity contribution is 5.01. The van der Waals surface area contributed by atoms with Gasteiger partial charge in [0.1, 0.15) is 54.9 Å². The third-order valence-corrected chi connectivity index (χ3v) is 6.07. The van der Waals surface area contributed by atoms with Gasteiger partial charge in [0, 0.05) is 12.1 Å². The maximum Gasteiger partial charge on any atom is 0.187 e. The number of nitrogens with two attached hydrogens (primary N) is 3. The van der Waals surface area contributed by atoms with Crippen molar-refractivity contribution in [3.63, 3.8) is 0 Å². The first-order valence-electron chi connectivity index (χ1n) is 10.1. The van der Waals surface area contributed by atoms with Gasteiger partial charge in [-0.15, -0.1) is 0 Å². The molecule has 3 rings (SSSR count).